The molecule has 2 rings (SSSR count). The Morgan fingerprint density at radius 3 is 2.48 bits per heavy atom. The molecule has 1 unspecified atom stereocenters. The van der Waals surface area contributed by atoms with Crippen LogP contribution in [0.25, 0.3) is 0 Å². The van der Waals surface area contributed by atoms with Crippen LogP contribution in [0.2, 0.25) is 0 Å². The summed E-state index contributed by atoms with van der Waals surface area (Å²) in [4.78, 5) is 10.4. The maximum atomic E-state index is 10.8. The van der Waals surface area contributed by atoms with Gasteiger partial charge in [0.25, 0.3) is 5.69 Å². The van der Waals surface area contributed by atoms with E-state index in [4.69, 9.17) is 10.5 Å². The number of benzene rings is 2. The number of rotatable bonds is 5. The Kier molecular flexibility index (Phi) is 4.27. The van der Waals surface area contributed by atoms with Crippen LogP contribution in [0.4, 0.5) is 17.1 Å². The fourth-order valence-electron chi connectivity index (χ4n) is 2.05. The number of nitrogens with one attached hydrogen (secondary N) is 1. The van der Waals surface area contributed by atoms with Crippen LogP contribution in [-0.2, 0) is 0 Å². The molecule has 0 amide bonds. The number of nitrogens with two attached hydrogens (primary N) is 1. The topological polar surface area (TPSA) is 90.4 Å². The molecule has 2 aromatic carbocycles. The number of nitrogen functional groups attached to an aromatic ring is 1. The lowest BCUT2D eigenvalue weighted by Gasteiger charge is -2.16. The Morgan fingerprint density at radius 2 is 1.90 bits per heavy atom. The summed E-state index contributed by atoms with van der Waals surface area (Å²) in [6.07, 6.45) is 0. The van der Waals surface area contributed by atoms with Crippen molar-refractivity contribution in [3.8, 4) is 5.75 Å². The number of methoxy groups -OCH3 is 1. The fourth-order valence-corrected chi connectivity index (χ4v) is 2.05. The number of non-ortho nitro benzene ring substituents is 1. The summed E-state index contributed by atoms with van der Waals surface area (Å²) in [5.41, 5.74) is 7.67. The minimum Gasteiger partial charge on any atom is -0.497 e. The van der Waals surface area contributed by atoms with Crippen molar-refractivity contribution in [3.05, 3.63) is 58.1 Å². The van der Waals surface area contributed by atoms with Gasteiger partial charge in [0.15, 0.2) is 0 Å². The summed E-state index contributed by atoms with van der Waals surface area (Å²) in [5.74, 6) is 0.783. The highest BCUT2D eigenvalue weighted by Crippen LogP contribution is 2.26. The lowest BCUT2D eigenvalue weighted by Crippen LogP contribution is -2.07. The summed E-state index contributed by atoms with van der Waals surface area (Å²) in [7, 11) is 1.61. The van der Waals surface area contributed by atoms with Crippen LogP contribution >= 0.6 is 0 Å². The summed E-state index contributed by atoms with van der Waals surface area (Å²) in [6.45, 7) is 1.97. The van der Waals surface area contributed by atoms with Gasteiger partial charge >= 0.3 is 0 Å². The van der Waals surface area contributed by atoms with Crippen LogP contribution in [0, 0.1) is 10.1 Å². The molecule has 1 atom stereocenters. The highest BCUT2D eigenvalue weighted by atomic mass is 16.6. The van der Waals surface area contributed by atoms with Crippen molar-refractivity contribution >= 4 is 17.1 Å². The molecule has 21 heavy (non-hydrogen) atoms. The van der Waals surface area contributed by atoms with Gasteiger partial charge in [0.05, 0.1) is 12.0 Å². The predicted octanol–water partition coefficient (Wildman–Crippen LogP) is 3.36. The molecule has 0 saturated heterocycles. The van der Waals surface area contributed by atoms with Crippen molar-refractivity contribution in [3.63, 3.8) is 0 Å². The number of anilines is 2. The van der Waals surface area contributed by atoms with E-state index in [2.05, 4.69) is 5.32 Å². The van der Waals surface area contributed by atoms with E-state index in [0.717, 1.165) is 11.3 Å². The number of nitro benzene ring substituents is 1. The maximum Gasteiger partial charge on any atom is 0.273 e. The molecule has 0 heterocycles. The van der Waals surface area contributed by atoms with E-state index in [0.29, 0.717) is 11.4 Å². The van der Waals surface area contributed by atoms with E-state index in [9.17, 15) is 10.1 Å². The molecular weight excluding hydrogens is 270 g/mol. The third-order valence-corrected chi connectivity index (χ3v) is 3.15. The Balaban J connectivity index is 2.18. The minimum atomic E-state index is -0.459. The monoisotopic (exact) mass is 287 g/mol. The smallest absolute Gasteiger partial charge is 0.273 e. The van der Waals surface area contributed by atoms with Crippen molar-refractivity contribution in [1.29, 1.82) is 0 Å². The van der Waals surface area contributed by atoms with Crippen molar-refractivity contribution in [2.75, 3.05) is 18.2 Å². The van der Waals surface area contributed by atoms with Gasteiger partial charge in [-0.1, -0.05) is 12.1 Å². The third-order valence-electron chi connectivity index (χ3n) is 3.15. The number of nitro groups is 1. The van der Waals surface area contributed by atoms with Crippen LogP contribution in [-0.4, -0.2) is 12.0 Å². The Bertz CT molecular complexity index is 641. The molecule has 0 aliphatic rings. The summed E-state index contributed by atoms with van der Waals surface area (Å²) in [5, 5.41) is 14.0. The largest absolute Gasteiger partial charge is 0.497 e. The van der Waals surface area contributed by atoms with E-state index in [1.54, 1.807) is 13.2 Å². The molecule has 0 aliphatic heterocycles. The third kappa shape index (κ3) is 3.62. The zero-order valence-electron chi connectivity index (χ0n) is 11.9. The summed E-state index contributed by atoms with van der Waals surface area (Å²) < 4.78 is 5.11. The van der Waals surface area contributed by atoms with Gasteiger partial charge in [0.2, 0.25) is 0 Å². The molecule has 0 fully saturated rings. The maximum absolute atomic E-state index is 10.8. The van der Waals surface area contributed by atoms with Gasteiger partial charge in [-0.3, -0.25) is 10.1 Å². The van der Waals surface area contributed by atoms with E-state index >= 15 is 0 Å². The first-order valence-electron chi connectivity index (χ1n) is 6.45. The molecule has 0 saturated carbocycles. The zero-order valence-corrected chi connectivity index (χ0v) is 11.9. The highest BCUT2D eigenvalue weighted by Gasteiger charge is 2.11. The average molecular weight is 287 g/mol. The minimum absolute atomic E-state index is 0.0164. The Labute approximate surface area is 122 Å². The average Bonchev–Trinajstić information content (AvgIpc) is 2.46. The van der Waals surface area contributed by atoms with Crippen LogP contribution in [0.3, 0.4) is 0 Å². The summed E-state index contributed by atoms with van der Waals surface area (Å²) >= 11 is 0. The van der Waals surface area contributed by atoms with E-state index in [1.807, 2.05) is 31.2 Å². The number of hydrogen-bond acceptors (Lipinski definition) is 5. The fraction of sp³-hybridized carbons (Fsp3) is 0.200. The lowest BCUT2D eigenvalue weighted by atomic mass is 10.1. The van der Waals surface area contributed by atoms with Gasteiger partial charge in [-0.05, 0) is 30.7 Å². The first kappa shape index (κ1) is 14.6. The molecule has 2 aromatic rings. The number of hydrogen-bond donors (Lipinski definition) is 2. The molecule has 6 nitrogen and oxygen atoms in total. The van der Waals surface area contributed by atoms with Gasteiger partial charge in [-0.15, -0.1) is 0 Å². The van der Waals surface area contributed by atoms with Crippen molar-refractivity contribution < 1.29 is 9.66 Å². The van der Waals surface area contributed by atoms with Gasteiger partial charge in [-0.25, -0.2) is 0 Å². The lowest BCUT2D eigenvalue weighted by molar-refractivity contribution is -0.384. The molecule has 110 valence electrons. The summed E-state index contributed by atoms with van der Waals surface area (Å²) in [6, 6.07) is 12.1. The molecule has 0 spiro atoms. The van der Waals surface area contributed by atoms with Crippen molar-refractivity contribution in [2.45, 2.75) is 13.0 Å². The van der Waals surface area contributed by atoms with Crippen LogP contribution in [0.15, 0.2) is 42.5 Å². The normalized spacial score (nSPS) is 11.7. The second-order valence-electron chi connectivity index (χ2n) is 4.71. The van der Waals surface area contributed by atoms with Crippen LogP contribution in [0.1, 0.15) is 18.5 Å². The molecule has 6 heteroatoms. The van der Waals surface area contributed by atoms with Gasteiger partial charge in [-0.2, -0.15) is 0 Å². The molecule has 0 aliphatic carbocycles. The van der Waals surface area contributed by atoms with Gasteiger partial charge in [0.1, 0.15) is 5.75 Å². The van der Waals surface area contributed by atoms with E-state index in [1.165, 1.54) is 12.1 Å². The van der Waals surface area contributed by atoms with Crippen molar-refractivity contribution in [1.82, 2.24) is 0 Å². The molecule has 3 N–H and O–H groups in total. The first-order chi connectivity index (χ1) is 9.99. The second kappa shape index (κ2) is 6.13. The SMILES string of the molecule is COc1ccc(C(C)Nc2cc(N)cc([N+](=O)[O-])c2)cc1. The van der Waals surface area contributed by atoms with Gasteiger partial charge in [0, 0.05) is 29.5 Å². The second-order valence-corrected chi connectivity index (χ2v) is 4.71. The standard InChI is InChI=1S/C15H17N3O3/c1-10(11-3-5-15(21-2)6-4-11)17-13-7-12(16)8-14(9-13)18(19)20/h3-10,17H,16H2,1-2H3. The number of ether oxygens (including phenoxy) is 1. The predicted molar refractivity (Wildman–Crippen MR) is 82.5 cm³/mol. The highest BCUT2D eigenvalue weighted by molar-refractivity contribution is 5.62. The quantitative estimate of drug-likeness (QED) is 0.500. The molecule has 0 radical (unpaired) electrons. The first-order valence-corrected chi connectivity index (χ1v) is 6.45. The molecule has 0 aromatic heterocycles. The van der Waals surface area contributed by atoms with Gasteiger partial charge < -0.3 is 15.8 Å². The van der Waals surface area contributed by atoms with Crippen LogP contribution in [0.5, 0.6) is 5.75 Å². The zero-order chi connectivity index (χ0) is 15.4. The van der Waals surface area contributed by atoms with E-state index in [-0.39, 0.29) is 11.7 Å². The number of nitrogens with zero attached hydrogens (tertiary/aromatic N) is 1. The molecule has 0 bridgehead atoms. The van der Waals surface area contributed by atoms with Crippen molar-refractivity contribution in [2.24, 2.45) is 0 Å². The Hall–Kier alpha value is -2.76. The van der Waals surface area contributed by atoms with Crippen LogP contribution < -0.4 is 15.8 Å². The molecular formula is C15H17N3O3. The Morgan fingerprint density at radius 1 is 1.24 bits per heavy atom. The van der Waals surface area contributed by atoms with E-state index < -0.39 is 4.92 Å².